The Balaban J connectivity index is 2.05. The Morgan fingerprint density at radius 2 is 1.74 bits per heavy atom. The molecule has 1 aliphatic carbocycles. The van der Waals surface area contributed by atoms with Crippen LogP contribution in [0.3, 0.4) is 0 Å². The molecule has 1 nitrogen and oxygen atoms in total. The molecule has 0 unspecified atom stereocenters. The van der Waals surface area contributed by atoms with Gasteiger partial charge in [-0.05, 0) is 55.7 Å². The topological polar surface area (TPSA) is 9.23 Å². The molecule has 1 fully saturated rings. The summed E-state index contributed by atoms with van der Waals surface area (Å²) in [5.74, 6) is 1.85. The number of hydrogen-bond acceptors (Lipinski definition) is 2. The van der Waals surface area contributed by atoms with Gasteiger partial charge in [0.2, 0.25) is 0 Å². The molecule has 0 saturated heterocycles. The summed E-state index contributed by atoms with van der Waals surface area (Å²) in [6.07, 6.45) is 6.45. The predicted octanol–water partition coefficient (Wildman–Crippen LogP) is 5.22. The number of hydrogen-bond donors (Lipinski definition) is 1. The molecule has 0 atom stereocenters. The van der Waals surface area contributed by atoms with Gasteiger partial charge in [0.25, 0.3) is 0 Å². The minimum Gasteiger partial charge on any atom is -0.493 e. The summed E-state index contributed by atoms with van der Waals surface area (Å²) in [6, 6.07) is 4.06. The quantitative estimate of drug-likeness (QED) is 0.750. The number of halogens is 1. The number of thiol groups is 1. The Bertz CT molecular complexity index is 415. The van der Waals surface area contributed by atoms with Gasteiger partial charge >= 0.3 is 0 Å². The highest BCUT2D eigenvalue weighted by atomic mass is 35.5. The molecular weight excluding hydrogens is 276 g/mol. The molecule has 0 heterocycles. The lowest BCUT2D eigenvalue weighted by Crippen LogP contribution is -2.33. The highest BCUT2D eigenvalue weighted by Crippen LogP contribution is 2.38. The molecule has 1 saturated carbocycles. The van der Waals surface area contributed by atoms with Crippen molar-refractivity contribution in [3.8, 4) is 5.75 Å². The molecule has 0 aliphatic heterocycles. The molecule has 2 rings (SSSR count). The predicted molar refractivity (Wildman–Crippen MR) is 85.8 cm³/mol. The van der Waals surface area contributed by atoms with Gasteiger partial charge in [0.15, 0.2) is 0 Å². The van der Waals surface area contributed by atoms with Crippen LogP contribution in [0.15, 0.2) is 12.1 Å². The molecule has 1 aliphatic rings. The van der Waals surface area contributed by atoms with E-state index in [4.69, 9.17) is 16.3 Å². The summed E-state index contributed by atoms with van der Waals surface area (Å²) >= 11 is 10.7. The first-order valence-corrected chi connectivity index (χ1v) is 8.08. The Hall–Kier alpha value is -0.340. The van der Waals surface area contributed by atoms with Gasteiger partial charge in [-0.15, -0.1) is 0 Å². The third-order valence-corrected chi connectivity index (χ3v) is 5.47. The summed E-state index contributed by atoms with van der Waals surface area (Å²) in [4.78, 5) is 0. The van der Waals surface area contributed by atoms with Crippen LogP contribution in [0.25, 0.3) is 0 Å². The molecule has 0 radical (unpaired) electrons. The van der Waals surface area contributed by atoms with Crippen molar-refractivity contribution >= 4 is 24.2 Å². The maximum absolute atomic E-state index is 6.19. The number of aryl methyl sites for hydroxylation is 2. The van der Waals surface area contributed by atoms with Crippen molar-refractivity contribution in [2.24, 2.45) is 5.41 Å². The number of ether oxygens (including phenoxy) is 1. The lowest BCUT2D eigenvalue weighted by Gasteiger charge is -2.35. The second kappa shape index (κ2) is 6.41. The first-order chi connectivity index (χ1) is 9.06. The minimum atomic E-state index is 0.267. The zero-order valence-corrected chi connectivity index (χ0v) is 13.5. The Labute approximate surface area is 127 Å². The Kier molecular flexibility index (Phi) is 5.08. The van der Waals surface area contributed by atoms with Gasteiger partial charge in [-0.1, -0.05) is 30.9 Å². The van der Waals surface area contributed by atoms with Crippen LogP contribution < -0.4 is 4.74 Å². The van der Waals surface area contributed by atoms with E-state index in [1.165, 1.54) is 32.1 Å². The van der Waals surface area contributed by atoms with Crippen LogP contribution in [0, 0.1) is 19.3 Å². The number of rotatable bonds is 4. The van der Waals surface area contributed by atoms with Gasteiger partial charge in [0, 0.05) is 10.4 Å². The standard InChI is InChI=1S/C16H23ClOS/c1-12-8-14(9-13(2)15(12)17)18-10-16(11-19)6-4-3-5-7-16/h8-9,19H,3-7,10-11H2,1-2H3. The van der Waals surface area contributed by atoms with Crippen molar-refractivity contribution < 1.29 is 4.74 Å². The normalized spacial score (nSPS) is 18.3. The Morgan fingerprint density at radius 1 is 1.16 bits per heavy atom. The third-order valence-electron chi connectivity index (χ3n) is 4.20. The molecule has 1 aromatic carbocycles. The second-order valence-electron chi connectivity index (χ2n) is 5.88. The van der Waals surface area contributed by atoms with Crippen LogP contribution in [0.2, 0.25) is 5.02 Å². The smallest absolute Gasteiger partial charge is 0.119 e. The van der Waals surface area contributed by atoms with Crippen LogP contribution in [-0.2, 0) is 0 Å². The average Bonchev–Trinajstić information content (AvgIpc) is 2.43. The van der Waals surface area contributed by atoms with Crippen molar-refractivity contribution in [1.29, 1.82) is 0 Å². The van der Waals surface area contributed by atoms with Crippen molar-refractivity contribution in [3.63, 3.8) is 0 Å². The van der Waals surface area contributed by atoms with E-state index in [1.54, 1.807) is 0 Å². The van der Waals surface area contributed by atoms with E-state index in [-0.39, 0.29) is 5.41 Å². The van der Waals surface area contributed by atoms with Gasteiger partial charge in [0.1, 0.15) is 5.75 Å². The van der Waals surface area contributed by atoms with Gasteiger partial charge in [-0.3, -0.25) is 0 Å². The molecule has 0 spiro atoms. The van der Waals surface area contributed by atoms with E-state index in [9.17, 15) is 0 Å². The molecule has 0 amide bonds. The maximum atomic E-state index is 6.19. The fourth-order valence-corrected chi connectivity index (χ4v) is 3.39. The average molecular weight is 299 g/mol. The summed E-state index contributed by atoms with van der Waals surface area (Å²) in [7, 11) is 0. The molecule has 19 heavy (non-hydrogen) atoms. The van der Waals surface area contributed by atoms with Crippen LogP contribution in [-0.4, -0.2) is 12.4 Å². The first kappa shape index (κ1) is 15.1. The fourth-order valence-electron chi connectivity index (χ4n) is 2.88. The first-order valence-electron chi connectivity index (χ1n) is 7.07. The zero-order chi connectivity index (χ0) is 13.9. The highest BCUT2D eigenvalue weighted by Gasteiger charge is 2.31. The molecule has 0 aromatic heterocycles. The van der Waals surface area contributed by atoms with Crippen LogP contribution in [0.4, 0.5) is 0 Å². The van der Waals surface area contributed by atoms with E-state index < -0.39 is 0 Å². The molecule has 0 bridgehead atoms. The largest absolute Gasteiger partial charge is 0.493 e. The summed E-state index contributed by atoms with van der Waals surface area (Å²) < 4.78 is 6.05. The molecule has 0 N–H and O–H groups in total. The van der Waals surface area contributed by atoms with E-state index in [2.05, 4.69) is 12.6 Å². The molecule has 1 aromatic rings. The van der Waals surface area contributed by atoms with Crippen LogP contribution in [0.5, 0.6) is 5.75 Å². The lowest BCUT2D eigenvalue weighted by atomic mass is 9.76. The van der Waals surface area contributed by atoms with Crippen molar-refractivity contribution in [3.05, 3.63) is 28.3 Å². The minimum absolute atomic E-state index is 0.267. The van der Waals surface area contributed by atoms with E-state index in [1.807, 2.05) is 26.0 Å². The summed E-state index contributed by atoms with van der Waals surface area (Å²) in [5, 5.41) is 0.842. The summed E-state index contributed by atoms with van der Waals surface area (Å²) in [5.41, 5.74) is 2.43. The van der Waals surface area contributed by atoms with Gasteiger partial charge in [0.05, 0.1) is 6.61 Å². The molecule has 106 valence electrons. The van der Waals surface area contributed by atoms with Crippen molar-refractivity contribution in [2.75, 3.05) is 12.4 Å². The van der Waals surface area contributed by atoms with Crippen molar-refractivity contribution in [1.82, 2.24) is 0 Å². The summed E-state index contributed by atoms with van der Waals surface area (Å²) in [6.45, 7) is 4.82. The second-order valence-corrected chi connectivity index (χ2v) is 6.57. The van der Waals surface area contributed by atoms with Gasteiger partial charge < -0.3 is 4.74 Å². The SMILES string of the molecule is Cc1cc(OCC2(CS)CCCCC2)cc(C)c1Cl. The van der Waals surface area contributed by atoms with E-state index >= 15 is 0 Å². The van der Waals surface area contributed by atoms with Crippen LogP contribution in [0.1, 0.15) is 43.2 Å². The third kappa shape index (κ3) is 3.61. The highest BCUT2D eigenvalue weighted by molar-refractivity contribution is 7.80. The van der Waals surface area contributed by atoms with Crippen molar-refractivity contribution in [2.45, 2.75) is 46.0 Å². The lowest BCUT2D eigenvalue weighted by molar-refractivity contribution is 0.121. The van der Waals surface area contributed by atoms with E-state index in [0.29, 0.717) is 0 Å². The van der Waals surface area contributed by atoms with E-state index in [0.717, 1.165) is 34.3 Å². The number of benzene rings is 1. The fraction of sp³-hybridized carbons (Fsp3) is 0.625. The maximum Gasteiger partial charge on any atom is 0.119 e. The zero-order valence-electron chi connectivity index (χ0n) is 11.8. The Morgan fingerprint density at radius 3 is 2.26 bits per heavy atom. The molecule has 3 heteroatoms. The molecular formula is C16H23ClOS. The monoisotopic (exact) mass is 298 g/mol. The van der Waals surface area contributed by atoms with Gasteiger partial charge in [-0.2, -0.15) is 12.6 Å². The van der Waals surface area contributed by atoms with Crippen LogP contribution >= 0.6 is 24.2 Å². The van der Waals surface area contributed by atoms with Gasteiger partial charge in [-0.25, -0.2) is 0 Å².